The van der Waals surface area contributed by atoms with Crippen molar-refractivity contribution in [3.8, 4) is 0 Å². The summed E-state index contributed by atoms with van der Waals surface area (Å²) in [6.45, 7) is 5.69. The van der Waals surface area contributed by atoms with E-state index in [4.69, 9.17) is 0 Å². The Kier molecular flexibility index (Phi) is 4.86. The fourth-order valence-electron chi connectivity index (χ4n) is 2.70. The quantitative estimate of drug-likeness (QED) is 0.591. The van der Waals surface area contributed by atoms with Crippen LogP contribution >= 0.6 is 0 Å². The van der Waals surface area contributed by atoms with Crippen LogP contribution in [0, 0.1) is 0 Å². The lowest BCUT2D eigenvalue weighted by Crippen LogP contribution is -1.98. The number of unbranched alkanes of at least 4 members (excludes halogenated alkanes) is 4. The number of para-hydroxylation sites is 1. The summed E-state index contributed by atoms with van der Waals surface area (Å²) in [6, 6.07) is 8.91. The zero-order chi connectivity index (χ0) is 12.8. The summed E-state index contributed by atoms with van der Waals surface area (Å²) in [4.78, 5) is 0. The first kappa shape index (κ1) is 13.2. The summed E-state index contributed by atoms with van der Waals surface area (Å²) in [5.41, 5.74) is 2.93. The molecule has 0 N–H and O–H groups in total. The molecule has 0 saturated carbocycles. The van der Waals surface area contributed by atoms with E-state index in [1.165, 1.54) is 55.1 Å². The second kappa shape index (κ2) is 6.63. The van der Waals surface area contributed by atoms with E-state index in [9.17, 15) is 0 Å². The summed E-state index contributed by atoms with van der Waals surface area (Å²) in [5.74, 6) is 0. The average molecular weight is 243 g/mol. The molecule has 0 spiro atoms. The van der Waals surface area contributed by atoms with Gasteiger partial charge in [-0.25, -0.2) is 0 Å². The maximum atomic E-state index is 2.44. The van der Waals surface area contributed by atoms with E-state index in [2.05, 4.69) is 48.9 Å². The standard InChI is InChI=1S/C17H25N/c1-3-5-6-7-8-13-18-14-12-16-11-9-10-15(4-2)17(16)18/h9-12,14H,3-8,13H2,1-2H3. The van der Waals surface area contributed by atoms with Crippen molar-refractivity contribution < 1.29 is 0 Å². The molecule has 0 atom stereocenters. The number of fused-ring (bicyclic) bond motifs is 1. The number of hydrogen-bond donors (Lipinski definition) is 0. The van der Waals surface area contributed by atoms with Gasteiger partial charge in [-0.3, -0.25) is 0 Å². The molecule has 18 heavy (non-hydrogen) atoms. The van der Waals surface area contributed by atoms with Crippen molar-refractivity contribution in [2.75, 3.05) is 0 Å². The first-order valence-corrected chi connectivity index (χ1v) is 7.43. The van der Waals surface area contributed by atoms with E-state index < -0.39 is 0 Å². The number of benzene rings is 1. The molecule has 0 bridgehead atoms. The SMILES string of the molecule is CCCCCCCn1ccc2cccc(CC)c21. The van der Waals surface area contributed by atoms with Crippen molar-refractivity contribution in [2.45, 2.75) is 58.9 Å². The van der Waals surface area contributed by atoms with Crippen molar-refractivity contribution in [1.82, 2.24) is 4.57 Å². The van der Waals surface area contributed by atoms with Crippen LogP contribution in [0.4, 0.5) is 0 Å². The lowest BCUT2D eigenvalue weighted by atomic mass is 10.1. The molecule has 1 aromatic heterocycles. The number of rotatable bonds is 7. The summed E-state index contributed by atoms with van der Waals surface area (Å²) >= 11 is 0. The highest BCUT2D eigenvalue weighted by Gasteiger charge is 2.04. The summed E-state index contributed by atoms with van der Waals surface area (Å²) in [7, 11) is 0. The Morgan fingerprint density at radius 1 is 0.944 bits per heavy atom. The third kappa shape index (κ3) is 2.95. The second-order valence-corrected chi connectivity index (χ2v) is 5.13. The molecule has 0 unspecified atom stereocenters. The average Bonchev–Trinajstić information content (AvgIpc) is 2.82. The topological polar surface area (TPSA) is 4.93 Å². The number of aryl methyl sites for hydroxylation is 2. The minimum atomic E-state index is 1.12. The molecule has 2 rings (SSSR count). The molecule has 98 valence electrons. The molecule has 0 fully saturated rings. The highest BCUT2D eigenvalue weighted by atomic mass is 14.9. The Hall–Kier alpha value is -1.24. The van der Waals surface area contributed by atoms with Crippen LogP contribution in [-0.2, 0) is 13.0 Å². The van der Waals surface area contributed by atoms with Crippen LogP contribution in [0.1, 0.15) is 51.5 Å². The van der Waals surface area contributed by atoms with Gasteiger partial charge < -0.3 is 4.57 Å². The lowest BCUT2D eigenvalue weighted by Gasteiger charge is -2.08. The van der Waals surface area contributed by atoms with Gasteiger partial charge in [0.15, 0.2) is 0 Å². The fraction of sp³-hybridized carbons (Fsp3) is 0.529. The molecule has 0 saturated heterocycles. The Morgan fingerprint density at radius 3 is 2.56 bits per heavy atom. The molecule has 1 aromatic carbocycles. The van der Waals surface area contributed by atoms with Crippen molar-refractivity contribution >= 4 is 10.9 Å². The minimum Gasteiger partial charge on any atom is -0.347 e. The van der Waals surface area contributed by atoms with E-state index in [1.807, 2.05) is 0 Å². The summed E-state index contributed by atoms with van der Waals surface area (Å²) in [6.07, 6.45) is 10.1. The zero-order valence-corrected chi connectivity index (χ0v) is 11.8. The monoisotopic (exact) mass is 243 g/mol. The van der Waals surface area contributed by atoms with Crippen LogP contribution in [0.2, 0.25) is 0 Å². The van der Waals surface area contributed by atoms with Crippen molar-refractivity contribution in [3.05, 3.63) is 36.0 Å². The van der Waals surface area contributed by atoms with Crippen molar-refractivity contribution in [3.63, 3.8) is 0 Å². The van der Waals surface area contributed by atoms with E-state index in [-0.39, 0.29) is 0 Å². The Balaban J connectivity index is 2.04. The zero-order valence-electron chi connectivity index (χ0n) is 11.8. The molecule has 0 aliphatic heterocycles. The molecule has 0 amide bonds. The number of aromatic nitrogens is 1. The Labute approximate surface area is 111 Å². The maximum Gasteiger partial charge on any atom is 0.0512 e. The number of nitrogens with zero attached hydrogens (tertiary/aromatic N) is 1. The van der Waals surface area contributed by atoms with Gasteiger partial charge in [-0.15, -0.1) is 0 Å². The third-order valence-corrected chi connectivity index (χ3v) is 3.76. The van der Waals surface area contributed by atoms with E-state index in [0.717, 1.165) is 6.42 Å². The van der Waals surface area contributed by atoms with E-state index in [1.54, 1.807) is 0 Å². The second-order valence-electron chi connectivity index (χ2n) is 5.13. The van der Waals surface area contributed by atoms with Gasteiger partial charge in [0.1, 0.15) is 0 Å². The molecule has 0 aliphatic rings. The largest absolute Gasteiger partial charge is 0.347 e. The van der Waals surface area contributed by atoms with Gasteiger partial charge in [-0.2, -0.15) is 0 Å². The highest BCUT2D eigenvalue weighted by Crippen LogP contribution is 2.21. The predicted octanol–water partition coefficient (Wildman–Crippen LogP) is 5.17. The smallest absolute Gasteiger partial charge is 0.0512 e. The molecule has 2 aromatic rings. The van der Waals surface area contributed by atoms with Crippen molar-refractivity contribution in [1.29, 1.82) is 0 Å². The first-order valence-electron chi connectivity index (χ1n) is 7.43. The van der Waals surface area contributed by atoms with Gasteiger partial charge in [0, 0.05) is 12.7 Å². The van der Waals surface area contributed by atoms with Crippen molar-refractivity contribution in [2.24, 2.45) is 0 Å². The van der Waals surface area contributed by atoms with Crippen LogP contribution in [0.5, 0.6) is 0 Å². The van der Waals surface area contributed by atoms with Gasteiger partial charge in [0.05, 0.1) is 5.52 Å². The van der Waals surface area contributed by atoms with Gasteiger partial charge in [0.25, 0.3) is 0 Å². The maximum absolute atomic E-state index is 2.44. The molecular weight excluding hydrogens is 218 g/mol. The summed E-state index contributed by atoms with van der Waals surface area (Å²) < 4.78 is 2.44. The van der Waals surface area contributed by atoms with Gasteiger partial charge in [-0.1, -0.05) is 57.7 Å². The lowest BCUT2D eigenvalue weighted by molar-refractivity contribution is 0.577. The highest BCUT2D eigenvalue weighted by molar-refractivity contribution is 5.83. The van der Waals surface area contributed by atoms with Crippen LogP contribution in [0.25, 0.3) is 10.9 Å². The van der Waals surface area contributed by atoms with Crippen LogP contribution < -0.4 is 0 Å². The summed E-state index contributed by atoms with van der Waals surface area (Å²) in [5, 5.41) is 1.39. The Morgan fingerprint density at radius 2 is 1.78 bits per heavy atom. The van der Waals surface area contributed by atoms with Crippen LogP contribution in [0.3, 0.4) is 0 Å². The van der Waals surface area contributed by atoms with Gasteiger partial charge in [0.2, 0.25) is 0 Å². The van der Waals surface area contributed by atoms with E-state index in [0.29, 0.717) is 0 Å². The molecule has 0 aliphatic carbocycles. The Bertz CT molecular complexity index is 481. The molecule has 1 nitrogen and oxygen atoms in total. The van der Waals surface area contributed by atoms with Crippen LogP contribution in [-0.4, -0.2) is 4.57 Å². The minimum absolute atomic E-state index is 1.12. The van der Waals surface area contributed by atoms with Crippen LogP contribution in [0.15, 0.2) is 30.5 Å². The third-order valence-electron chi connectivity index (χ3n) is 3.76. The van der Waals surface area contributed by atoms with Gasteiger partial charge >= 0.3 is 0 Å². The molecule has 0 radical (unpaired) electrons. The van der Waals surface area contributed by atoms with E-state index >= 15 is 0 Å². The number of hydrogen-bond acceptors (Lipinski definition) is 0. The fourth-order valence-corrected chi connectivity index (χ4v) is 2.70. The molecule has 1 heterocycles. The normalized spacial score (nSPS) is 11.2. The molecular formula is C17H25N. The molecule has 1 heteroatoms. The first-order chi connectivity index (χ1) is 8.86. The van der Waals surface area contributed by atoms with Gasteiger partial charge in [-0.05, 0) is 29.9 Å². The predicted molar refractivity (Wildman–Crippen MR) is 80.1 cm³/mol.